The molecule has 5 heteroatoms. The topological polar surface area (TPSA) is 56.8 Å². The van der Waals surface area contributed by atoms with Crippen LogP contribution in [0.5, 0.6) is 11.5 Å². The lowest BCUT2D eigenvalue weighted by Gasteiger charge is -2.13. The number of methoxy groups -OCH3 is 1. The van der Waals surface area contributed by atoms with Crippen molar-refractivity contribution in [3.05, 3.63) is 23.8 Å². The van der Waals surface area contributed by atoms with E-state index in [0.29, 0.717) is 18.9 Å². The molecule has 0 aliphatic rings. The molecule has 0 fully saturated rings. The Morgan fingerprint density at radius 3 is 2.74 bits per heavy atom. The van der Waals surface area contributed by atoms with Gasteiger partial charge in [-0.1, -0.05) is 13.0 Å². The molecule has 0 aliphatic heterocycles. The fraction of sp³-hybridized carbons (Fsp3) is 0.500. The smallest absolute Gasteiger partial charge is 0.343 e. The van der Waals surface area contributed by atoms with Gasteiger partial charge in [-0.3, -0.25) is 0 Å². The van der Waals surface area contributed by atoms with E-state index in [1.54, 1.807) is 6.07 Å². The van der Waals surface area contributed by atoms with Crippen molar-refractivity contribution >= 4 is 5.97 Å². The van der Waals surface area contributed by atoms with Crippen molar-refractivity contribution < 1.29 is 19.0 Å². The van der Waals surface area contributed by atoms with E-state index in [-0.39, 0.29) is 6.61 Å². The number of ether oxygens (including phenoxy) is 3. The van der Waals surface area contributed by atoms with E-state index >= 15 is 0 Å². The Bertz CT molecular complexity index is 406. The normalized spacial score (nSPS) is 10.1. The summed E-state index contributed by atoms with van der Waals surface area (Å²) in [6.45, 7) is 3.25. The van der Waals surface area contributed by atoms with Gasteiger partial charge in [-0.2, -0.15) is 0 Å². The van der Waals surface area contributed by atoms with Crippen molar-refractivity contribution in [3.8, 4) is 11.5 Å². The molecule has 0 bridgehead atoms. The number of carbonyl (C=O) groups excluding carboxylic acids is 1. The van der Waals surface area contributed by atoms with Crippen molar-refractivity contribution in [2.75, 3.05) is 27.4 Å². The molecule has 0 saturated carbocycles. The minimum Gasteiger partial charge on any atom is -0.493 e. The van der Waals surface area contributed by atoms with Crippen molar-refractivity contribution in [2.45, 2.75) is 19.9 Å². The molecule has 0 aliphatic carbocycles. The van der Waals surface area contributed by atoms with E-state index in [9.17, 15) is 4.79 Å². The minimum absolute atomic E-state index is 0.107. The lowest BCUT2D eigenvalue weighted by atomic mass is 10.2. The van der Waals surface area contributed by atoms with Gasteiger partial charge >= 0.3 is 5.97 Å². The van der Waals surface area contributed by atoms with Crippen molar-refractivity contribution in [1.29, 1.82) is 0 Å². The van der Waals surface area contributed by atoms with Crippen molar-refractivity contribution in [3.63, 3.8) is 0 Å². The van der Waals surface area contributed by atoms with Crippen LogP contribution in [0, 0.1) is 0 Å². The molecule has 1 rings (SSSR count). The van der Waals surface area contributed by atoms with Crippen LogP contribution < -0.4 is 14.8 Å². The Hall–Kier alpha value is -1.75. The Kier molecular flexibility index (Phi) is 6.74. The minimum atomic E-state index is -0.407. The summed E-state index contributed by atoms with van der Waals surface area (Å²) in [4.78, 5) is 11.1. The van der Waals surface area contributed by atoms with E-state index in [4.69, 9.17) is 9.47 Å². The molecular weight excluding hydrogens is 246 g/mol. The Labute approximate surface area is 113 Å². The van der Waals surface area contributed by atoms with Crippen LogP contribution >= 0.6 is 0 Å². The molecule has 0 amide bonds. The molecule has 0 atom stereocenters. The zero-order valence-electron chi connectivity index (χ0n) is 11.7. The molecule has 0 aromatic heterocycles. The highest BCUT2D eigenvalue weighted by Crippen LogP contribution is 2.25. The fourth-order valence-electron chi connectivity index (χ4n) is 1.51. The second-order valence-electron chi connectivity index (χ2n) is 4.01. The van der Waals surface area contributed by atoms with Crippen LogP contribution in [0.15, 0.2) is 18.2 Å². The predicted octanol–water partition coefficient (Wildman–Crippen LogP) is 1.75. The maximum Gasteiger partial charge on any atom is 0.343 e. The van der Waals surface area contributed by atoms with Crippen LogP contribution in [-0.2, 0) is 16.1 Å². The third-order valence-corrected chi connectivity index (χ3v) is 2.45. The highest BCUT2D eigenvalue weighted by molar-refractivity contribution is 5.71. The lowest BCUT2D eigenvalue weighted by Crippen LogP contribution is -2.15. The predicted molar refractivity (Wildman–Crippen MR) is 72.5 cm³/mol. The van der Waals surface area contributed by atoms with Crippen LogP contribution in [0.3, 0.4) is 0 Å². The highest BCUT2D eigenvalue weighted by atomic mass is 16.6. The number of rotatable bonds is 8. The van der Waals surface area contributed by atoms with Crippen LogP contribution in [0.4, 0.5) is 0 Å². The zero-order valence-corrected chi connectivity index (χ0v) is 11.7. The summed E-state index contributed by atoms with van der Waals surface area (Å²) in [5.74, 6) is 0.963. The van der Waals surface area contributed by atoms with Gasteiger partial charge in [0.15, 0.2) is 6.61 Å². The molecule has 0 spiro atoms. The molecule has 0 heterocycles. The average molecular weight is 267 g/mol. The number of benzene rings is 1. The summed E-state index contributed by atoms with van der Waals surface area (Å²) in [5.41, 5.74) is 0.968. The molecule has 19 heavy (non-hydrogen) atoms. The number of hydrogen-bond acceptors (Lipinski definition) is 5. The van der Waals surface area contributed by atoms with E-state index in [0.717, 1.165) is 17.7 Å². The maximum absolute atomic E-state index is 11.1. The van der Waals surface area contributed by atoms with Gasteiger partial charge in [0.1, 0.15) is 11.5 Å². The van der Waals surface area contributed by atoms with Crippen LogP contribution in [0.1, 0.15) is 18.9 Å². The summed E-state index contributed by atoms with van der Waals surface area (Å²) in [5, 5.41) is 3.05. The highest BCUT2D eigenvalue weighted by Gasteiger charge is 2.08. The van der Waals surface area contributed by atoms with Crippen LogP contribution in [0.25, 0.3) is 0 Å². The quantitative estimate of drug-likeness (QED) is 0.727. The second kappa shape index (κ2) is 8.37. The monoisotopic (exact) mass is 267 g/mol. The summed E-state index contributed by atoms with van der Waals surface area (Å²) in [7, 11) is 3.19. The second-order valence-corrected chi connectivity index (χ2v) is 4.01. The summed E-state index contributed by atoms with van der Waals surface area (Å²) in [6.07, 6.45) is 0.941. The van der Waals surface area contributed by atoms with Gasteiger partial charge in [-0.05, 0) is 19.5 Å². The molecule has 1 aromatic rings. The first-order chi connectivity index (χ1) is 9.21. The summed E-state index contributed by atoms with van der Waals surface area (Å²) in [6, 6.07) is 5.62. The van der Waals surface area contributed by atoms with Crippen molar-refractivity contribution in [1.82, 2.24) is 5.32 Å². The zero-order chi connectivity index (χ0) is 14.1. The van der Waals surface area contributed by atoms with Gasteiger partial charge in [0, 0.05) is 18.2 Å². The largest absolute Gasteiger partial charge is 0.493 e. The average Bonchev–Trinajstić information content (AvgIpc) is 2.44. The fourth-order valence-corrected chi connectivity index (χ4v) is 1.51. The molecule has 5 nitrogen and oxygen atoms in total. The van der Waals surface area contributed by atoms with Gasteiger partial charge < -0.3 is 19.5 Å². The first kappa shape index (κ1) is 15.3. The molecule has 0 unspecified atom stereocenters. The molecule has 0 radical (unpaired) electrons. The van der Waals surface area contributed by atoms with Crippen LogP contribution in [0.2, 0.25) is 0 Å². The number of nitrogens with one attached hydrogen (secondary N) is 1. The van der Waals surface area contributed by atoms with Gasteiger partial charge in [-0.25, -0.2) is 4.79 Å². The van der Waals surface area contributed by atoms with E-state index in [1.807, 2.05) is 26.1 Å². The van der Waals surface area contributed by atoms with Gasteiger partial charge in [-0.15, -0.1) is 0 Å². The summed E-state index contributed by atoms with van der Waals surface area (Å²) >= 11 is 0. The molecule has 1 aromatic carbocycles. The molecule has 0 saturated heterocycles. The molecule has 106 valence electrons. The standard InChI is InChI=1S/C14H21NO4/c1-4-7-18-12-6-5-11(9-15-2)13(8-12)19-10-14(16)17-3/h5-6,8,15H,4,7,9-10H2,1-3H3. The van der Waals surface area contributed by atoms with E-state index in [2.05, 4.69) is 10.1 Å². The Morgan fingerprint density at radius 2 is 2.11 bits per heavy atom. The maximum atomic E-state index is 11.1. The van der Waals surface area contributed by atoms with Crippen molar-refractivity contribution in [2.24, 2.45) is 0 Å². The Balaban J connectivity index is 2.78. The third-order valence-electron chi connectivity index (χ3n) is 2.45. The first-order valence-corrected chi connectivity index (χ1v) is 6.31. The van der Waals surface area contributed by atoms with Gasteiger partial charge in [0.2, 0.25) is 0 Å². The third kappa shape index (κ3) is 5.18. The first-order valence-electron chi connectivity index (χ1n) is 6.31. The van der Waals surface area contributed by atoms with Gasteiger partial charge in [0.25, 0.3) is 0 Å². The number of esters is 1. The number of hydrogen-bond donors (Lipinski definition) is 1. The van der Waals surface area contributed by atoms with Gasteiger partial charge in [0.05, 0.1) is 13.7 Å². The molecular formula is C14H21NO4. The van der Waals surface area contributed by atoms with Crippen LogP contribution in [-0.4, -0.2) is 33.3 Å². The van der Waals surface area contributed by atoms with E-state index < -0.39 is 5.97 Å². The Morgan fingerprint density at radius 1 is 1.32 bits per heavy atom. The SMILES string of the molecule is CCCOc1ccc(CNC)c(OCC(=O)OC)c1. The lowest BCUT2D eigenvalue weighted by molar-refractivity contribution is -0.142. The number of carbonyl (C=O) groups is 1. The van der Waals surface area contributed by atoms with E-state index in [1.165, 1.54) is 7.11 Å². The summed E-state index contributed by atoms with van der Waals surface area (Å²) < 4.78 is 15.6. The molecule has 1 N–H and O–H groups in total.